The molecule has 0 bridgehead atoms. The molecule has 34 heavy (non-hydrogen) atoms. The monoisotopic (exact) mass is 525 g/mol. The van der Waals surface area contributed by atoms with Crippen LogP contribution >= 0.6 is 35.3 Å². The number of benzene rings is 2. The minimum absolute atomic E-state index is 0. The van der Waals surface area contributed by atoms with Gasteiger partial charge in [-0.25, -0.2) is 4.98 Å². The lowest BCUT2D eigenvalue weighted by Crippen LogP contribution is -2.35. The van der Waals surface area contributed by atoms with Crippen LogP contribution in [0.25, 0.3) is 16.3 Å². The van der Waals surface area contributed by atoms with E-state index >= 15 is 0 Å². The van der Waals surface area contributed by atoms with Crippen molar-refractivity contribution in [1.29, 1.82) is 0 Å². The molecule has 1 aromatic heterocycles. The first-order chi connectivity index (χ1) is 15.8. The number of likely N-dealkylation sites (N-methyl/N-ethyl adjacent to an activating group) is 1. The van der Waals surface area contributed by atoms with E-state index in [-0.39, 0.29) is 18.3 Å². The van der Waals surface area contributed by atoms with Crippen LogP contribution in [-0.4, -0.2) is 64.3 Å². The third-order valence-electron chi connectivity index (χ3n) is 5.06. The minimum Gasteiger partial charge on any atom is -0.493 e. The molecule has 0 unspecified atom stereocenters. The molecule has 3 aromatic rings. The predicted molar refractivity (Wildman–Crippen MR) is 143 cm³/mol. The molecule has 0 radical (unpaired) electrons. The molecule has 2 aromatic carbocycles. The lowest BCUT2D eigenvalue weighted by atomic mass is 10.1. The number of aryl methyl sites for hydroxylation is 1. The predicted octanol–water partition coefficient (Wildman–Crippen LogP) is 5.31. The lowest BCUT2D eigenvalue weighted by Gasteiger charge is -2.20. The average Bonchev–Trinajstić information content (AvgIpc) is 3.25. The number of methoxy groups -OCH3 is 3. The maximum atomic E-state index is 13.3. The van der Waals surface area contributed by atoms with Gasteiger partial charge in [0.25, 0.3) is 5.91 Å². The molecule has 0 aliphatic heterocycles. The number of thiazole rings is 1. The second kappa shape index (κ2) is 12.3. The van der Waals surface area contributed by atoms with Crippen molar-refractivity contribution in [1.82, 2.24) is 9.88 Å². The molecule has 7 nitrogen and oxygen atoms in total. The number of fused-ring (bicyclic) bond motifs is 1. The van der Waals surface area contributed by atoms with Crippen LogP contribution in [0.2, 0.25) is 5.02 Å². The van der Waals surface area contributed by atoms with Crippen LogP contribution in [0, 0.1) is 6.92 Å². The van der Waals surface area contributed by atoms with Gasteiger partial charge in [0.15, 0.2) is 16.6 Å². The van der Waals surface area contributed by atoms with Gasteiger partial charge >= 0.3 is 0 Å². The summed E-state index contributed by atoms with van der Waals surface area (Å²) in [7, 11) is 8.59. The van der Waals surface area contributed by atoms with E-state index in [0.717, 1.165) is 21.3 Å². The zero-order valence-corrected chi connectivity index (χ0v) is 22.4. The Morgan fingerprint density at radius 1 is 1.09 bits per heavy atom. The molecular formula is C24H29Cl2N3O4S. The van der Waals surface area contributed by atoms with E-state index in [4.69, 9.17) is 30.8 Å². The Morgan fingerprint density at radius 2 is 1.74 bits per heavy atom. The number of hydrogen-bond donors (Lipinski definition) is 0. The number of amides is 1. The summed E-state index contributed by atoms with van der Waals surface area (Å²) in [6.45, 7) is 3.16. The van der Waals surface area contributed by atoms with E-state index in [1.165, 1.54) is 17.4 Å². The van der Waals surface area contributed by atoms with Gasteiger partial charge in [0.2, 0.25) is 5.75 Å². The highest BCUT2D eigenvalue weighted by molar-refractivity contribution is 7.23. The Labute approximate surface area is 215 Å². The van der Waals surface area contributed by atoms with Gasteiger partial charge in [-0.05, 0) is 56.4 Å². The SMILES string of the molecule is COc1cc(C=CC(=O)N(CCN(C)C)c2nc3c(C)ccc(Cl)c3s2)cc(OC)c1OC.Cl. The molecule has 0 aliphatic carbocycles. The largest absolute Gasteiger partial charge is 0.493 e. The molecule has 1 heterocycles. The first-order valence-corrected chi connectivity index (χ1v) is 11.5. The molecule has 0 saturated carbocycles. The van der Waals surface area contributed by atoms with Crippen molar-refractivity contribution >= 4 is 62.7 Å². The maximum Gasteiger partial charge on any atom is 0.252 e. The number of carbonyl (C=O) groups excluding carboxylic acids is 1. The third-order valence-corrected chi connectivity index (χ3v) is 6.60. The second-order valence-corrected chi connectivity index (χ2v) is 9.01. The summed E-state index contributed by atoms with van der Waals surface area (Å²) < 4.78 is 17.1. The van der Waals surface area contributed by atoms with Gasteiger partial charge < -0.3 is 19.1 Å². The molecule has 10 heteroatoms. The van der Waals surface area contributed by atoms with Crippen molar-refractivity contribution in [2.24, 2.45) is 0 Å². The molecule has 0 aliphatic rings. The average molecular weight is 526 g/mol. The van der Waals surface area contributed by atoms with Crippen LogP contribution in [0.4, 0.5) is 5.13 Å². The molecule has 0 saturated heterocycles. The Bertz CT molecular complexity index is 1120. The number of nitrogens with zero attached hydrogens (tertiary/aromatic N) is 3. The summed E-state index contributed by atoms with van der Waals surface area (Å²) in [4.78, 5) is 21.7. The summed E-state index contributed by atoms with van der Waals surface area (Å²) in [5.41, 5.74) is 2.58. The van der Waals surface area contributed by atoms with E-state index in [2.05, 4.69) is 0 Å². The highest BCUT2D eigenvalue weighted by Gasteiger charge is 2.20. The highest BCUT2D eigenvalue weighted by Crippen LogP contribution is 2.39. The second-order valence-electron chi connectivity index (χ2n) is 7.62. The standard InChI is InChI=1S/C24H28ClN3O4S.ClH/c1-15-7-9-17(25)23-21(15)26-24(33-23)28(12-11-27(2)3)20(29)10-8-16-13-18(30-4)22(32-6)19(14-16)31-5;/h7-10,13-14H,11-12H2,1-6H3;1H. The fourth-order valence-corrected chi connectivity index (χ4v) is 4.61. The van der Waals surface area contributed by atoms with Crippen LogP contribution in [0.15, 0.2) is 30.3 Å². The van der Waals surface area contributed by atoms with Gasteiger partial charge in [-0.15, -0.1) is 12.4 Å². The Morgan fingerprint density at radius 3 is 2.26 bits per heavy atom. The normalized spacial score (nSPS) is 11.1. The quantitative estimate of drug-likeness (QED) is 0.352. The molecule has 184 valence electrons. The van der Waals surface area contributed by atoms with Crippen LogP contribution in [0.1, 0.15) is 11.1 Å². The zero-order chi connectivity index (χ0) is 24.1. The first kappa shape index (κ1) is 27.7. The molecule has 0 N–H and O–H groups in total. The van der Waals surface area contributed by atoms with E-state index in [0.29, 0.717) is 40.5 Å². The molecule has 1 amide bonds. The van der Waals surface area contributed by atoms with Crippen molar-refractivity contribution in [2.45, 2.75) is 6.92 Å². The highest BCUT2D eigenvalue weighted by atomic mass is 35.5. The van der Waals surface area contributed by atoms with Crippen molar-refractivity contribution < 1.29 is 19.0 Å². The number of aromatic nitrogens is 1. The van der Waals surface area contributed by atoms with Gasteiger partial charge in [-0.1, -0.05) is 29.0 Å². The zero-order valence-electron chi connectivity index (χ0n) is 20.0. The Kier molecular flexibility index (Phi) is 10.00. The van der Waals surface area contributed by atoms with Gasteiger partial charge in [0.1, 0.15) is 0 Å². The summed E-state index contributed by atoms with van der Waals surface area (Å²) in [5, 5.41) is 1.25. The lowest BCUT2D eigenvalue weighted by molar-refractivity contribution is -0.114. The van der Waals surface area contributed by atoms with E-state index < -0.39 is 0 Å². The maximum absolute atomic E-state index is 13.3. The molecule has 0 atom stereocenters. The van der Waals surface area contributed by atoms with E-state index in [1.807, 2.05) is 38.1 Å². The number of hydrogen-bond acceptors (Lipinski definition) is 7. The topological polar surface area (TPSA) is 64.1 Å². The molecule has 3 rings (SSSR count). The van der Waals surface area contributed by atoms with Crippen molar-refractivity contribution in [3.05, 3.63) is 46.5 Å². The van der Waals surface area contributed by atoms with Crippen molar-refractivity contribution in [3.8, 4) is 17.2 Å². The number of carbonyl (C=O) groups is 1. The van der Waals surface area contributed by atoms with Gasteiger partial charge in [-0.2, -0.15) is 0 Å². The van der Waals surface area contributed by atoms with Crippen LogP contribution in [0.5, 0.6) is 17.2 Å². The summed E-state index contributed by atoms with van der Waals surface area (Å²) in [5.74, 6) is 1.35. The number of rotatable bonds is 9. The number of ether oxygens (including phenoxy) is 3. The van der Waals surface area contributed by atoms with Crippen molar-refractivity contribution in [3.63, 3.8) is 0 Å². The minimum atomic E-state index is -0.182. The molecular weight excluding hydrogens is 497 g/mol. The van der Waals surface area contributed by atoms with Gasteiger partial charge in [-0.3, -0.25) is 9.69 Å². The first-order valence-electron chi connectivity index (χ1n) is 10.3. The van der Waals surface area contributed by atoms with Crippen LogP contribution in [-0.2, 0) is 4.79 Å². The Balaban J connectivity index is 0.00000408. The van der Waals surface area contributed by atoms with Gasteiger partial charge in [0, 0.05) is 19.2 Å². The third kappa shape index (κ3) is 6.13. The smallest absolute Gasteiger partial charge is 0.252 e. The van der Waals surface area contributed by atoms with Crippen LogP contribution < -0.4 is 19.1 Å². The fourth-order valence-electron chi connectivity index (χ4n) is 3.26. The van der Waals surface area contributed by atoms with E-state index in [1.54, 1.807) is 44.4 Å². The fraction of sp³-hybridized carbons (Fsp3) is 0.333. The van der Waals surface area contributed by atoms with E-state index in [9.17, 15) is 4.79 Å². The molecule has 0 fully saturated rings. The number of halogens is 2. The summed E-state index contributed by atoms with van der Waals surface area (Å²) >= 11 is 7.81. The summed E-state index contributed by atoms with van der Waals surface area (Å²) in [6, 6.07) is 7.37. The van der Waals surface area contributed by atoms with Crippen molar-refractivity contribution in [2.75, 3.05) is 53.4 Å². The Hall–Kier alpha value is -2.52. The van der Waals surface area contributed by atoms with Crippen LogP contribution in [0.3, 0.4) is 0 Å². The summed E-state index contributed by atoms with van der Waals surface area (Å²) in [6.07, 6.45) is 3.25. The number of anilines is 1. The molecule has 0 spiro atoms. The van der Waals surface area contributed by atoms with Gasteiger partial charge in [0.05, 0.1) is 36.6 Å².